The Balaban J connectivity index is 1.72. The number of nitrogens with one attached hydrogen (secondary N) is 1. The minimum absolute atomic E-state index is 0.134. The molecule has 1 amide bonds. The molecule has 26 heavy (non-hydrogen) atoms. The zero-order valence-electron chi connectivity index (χ0n) is 14.3. The number of hydrogen-bond acceptors (Lipinski definition) is 3. The number of piperidine rings is 1. The van der Waals surface area contributed by atoms with Crippen LogP contribution in [0.25, 0.3) is 0 Å². The summed E-state index contributed by atoms with van der Waals surface area (Å²) in [6.07, 6.45) is 2.54. The van der Waals surface area contributed by atoms with E-state index in [0.29, 0.717) is 23.7 Å². The van der Waals surface area contributed by atoms with Gasteiger partial charge in [0.25, 0.3) is 0 Å². The zero-order chi connectivity index (χ0) is 18.6. The van der Waals surface area contributed by atoms with Gasteiger partial charge in [-0.15, -0.1) is 0 Å². The van der Waals surface area contributed by atoms with E-state index < -0.39 is 10.0 Å². The maximum absolute atomic E-state index is 13.0. The summed E-state index contributed by atoms with van der Waals surface area (Å²) >= 11 is 5.85. The summed E-state index contributed by atoms with van der Waals surface area (Å²) in [4.78, 5) is 12.7. The van der Waals surface area contributed by atoms with E-state index in [2.05, 4.69) is 5.32 Å². The molecule has 1 aliphatic heterocycles. The van der Waals surface area contributed by atoms with Gasteiger partial charge in [-0.3, -0.25) is 4.79 Å². The number of carbonyl (C=O) groups is 1. The molecule has 0 bridgehead atoms. The number of nitrogens with zero attached hydrogens (tertiary/aromatic N) is 1. The van der Waals surface area contributed by atoms with Crippen LogP contribution in [0.2, 0.25) is 5.02 Å². The SMILES string of the molecule is O=C(C[C@@H]1CCCCN1S(=O)(=O)c1ccccc1)Nc1ccc(Cl)cc1. The Labute approximate surface area is 159 Å². The second-order valence-corrected chi connectivity index (χ2v) is 8.66. The van der Waals surface area contributed by atoms with Crippen LogP contribution in [-0.2, 0) is 14.8 Å². The van der Waals surface area contributed by atoms with Crippen molar-refractivity contribution >= 4 is 33.2 Å². The van der Waals surface area contributed by atoms with Crippen molar-refractivity contribution in [2.75, 3.05) is 11.9 Å². The largest absolute Gasteiger partial charge is 0.326 e. The van der Waals surface area contributed by atoms with Gasteiger partial charge < -0.3 is 5.32 Å². The van der Waals surface area contributed by atoms with Crippen LogP contribution in [-0.4, -0.2) is 31.2 Å². The molecule has 0 spiro atoms. The molecule has 3 rings (SSSR count). The Bertz CT molecular complexity index is 854. The van der Waals surface area contributed by atoms with Gasteiger partial charge in [-0.2, -0.15) is 4.31 Å². The van der Waals surface area contributed by atoms with E-state index in [-0.39, 0.29) is 23.3 Å². The van der Waals surface area contributed by atoms with Crippen LogP contribution in [0.3, 0.4) is 0 Å². The lowest BCUT2D eigenvalue weighted by atomic mass is 10.0. The minimum atomic E-state index is -3.60. The van der Waals surface area contributed by atoms with Crippen LogP contribution in [0.4, 0.5) is 5.69 Å². The lowest BCUT2D eigenvalue weighted by Gasteiger charge is -2.34. The van der Waals surface area contributed by atoms with Gasteiger partial charge in [-0.25, -0.2) is 8.42 Å². The molecular formula is C19H21ClN2O3S. The molecule has 2 aromatic rings. The van der Waals surface area contributed by atoms with Crippen molar-refractivity contribution in [1.29, 1.82) is 0 Å². The second-order valence-electron chi connectivity index (χ2n) is 6.34. The first-order valence-electron chi connectivity index (χ1n) is 8.59. The summed E-state index contributed by atoms with van der Waals surface area (Å²) in [5, 5.41) is 3.40. The third-order valence-electron chi connectivity index (χ3n) is 4.47. The van der Waals surface area contributed by atoms with E-state index in [0.717, 1.165) is 12.8 Å². The zero-order valence-corrected chi connectivity index (χ0v) is 15.8. The van der Waals surface area contributed by atoms with Crippen molar-refractivity contribution in [2.24, 2.45) is 0 Å². The van der Waals surface area contributed by atoms with Gasteiger partial charge in [0, 0.05) is 29.7 Å². The molecule has 1 N–H and O–H groups in total. The van der Waals surface area contributed by atoms with E-state index in [9.17, 15) is 13.2 Å². The maximum atomic E-state index is 13.0. The molecular weight excluding hydrogens is 372 g/mol. The topological polar surface area (TPSA) is 66.5 Å². The Morgan fingerprint density at radius 2 is 1.77 bits per heavy atom. The molecule has 0 unspecified atom stereocenters. The molecule has 1 atom stereocenters. The fraction of sp³-hybridized carbons (Fsp3) is 0.316. The normalized spacial score (nSPS) is 18.4. The first-order valence-corrected chi connectivity index (χ1v) is 10.4. The number of amides is 1. The fourth-order valence-electron chi connectivity index (χ4n) is 3.18. The lowest BCUT2D eigenvalue weighted by molar-refractivity contribution is -0.117. The highest BCUT2D eigenvalue weighted by molar-refractivity contribution is 7.89. The molecule has 1 fully saturated rings. The van der Waals surface area contributed by atoms with Crippen LogP contribution >= 0.6 is 11.6 Å². The van der Waals surface area contributed by atoms with E-state index in [1.165, 1.54) is 4.31 Å². The van der Waals surface area contributed by atoms with Crippen LogP contribution < -0.4 is 5.32 Å². The summed E-state index contributed by atoms with van der Waals surface area (Å²) in [5.74, 6) is -0.201. The second kappa shape index (κ2) is 8.20. The molecule has 1 heterocycles. The van der Waals surface area contributed by atoms with Gasteiger partial charge in [0.05, 0.1) is 4.90 Å². The Hall–Kier alpha value is -1.89. The highest BCUT2D eigenvalue weighted by Gasteiger charge is 2.34. The predicted molar refractivity (Wildman–Crippen MR) is 103 cm³/mol. The fourth-order valence-corrected chi connectivity index (χ4v) is 5.02. The van der Waals surface area contributed by atoms with Crippen molar-refractivity contribution in [3.05, 3.63) is 59.6 Å². The molecule has 0 radical (unpaired) electrons. The Morgan fingerprint density at radius 3 is 2.46 bits per heavy atom. The summed E-state index contributed by atoms with van der Waals surface area (Å²) in [6.45, 7) is 0.441. The standard InChI is InChI=1S/C19H21ClN2O3S/c20-15-9-11-16(12-10-15)21-19(23)14-17-6-4-5-13-22(17)26(24,25)18-7-2-1-3-8-18/h1-3,7-12,17H,4-6,13-14H2,(H,21,23)/t17-/m0/s1. The summed E-state index contributed by atoms with van der Waals surface area (Å²) in [6, 6.07) is 14.9. The quantitative estimate of drug-likeness (QED) is 0.838. The molecule has 2 aromatic carbocycles. The molecule has 7 heteroatoms. The van der Waals surface area contributed by atoms with E-state index in [1.807, 2.05) is 0 Å². The minimum Gasteiger partial charge on any atom is -0.326 e. The number of halogens is 1. The Morgan fingerprint density at radius 1 is 1.08 bits per heavy atom. The third kappa shape index (κ3) is 4.44. The van der Waals surface area contributed by atoms with Gasteiger partial charge in [0.15, 0.2) is 0 Å². The highest BCUT2D eigenvalue weighted by atomic mass is 35.5. The van der Waals surface area contributed by atoms with Crippen molar-refractivity contribution in [3.63, 3.8) is 0 Å². The molecule has 0 aromatic heterocycles. The smallest absolute Gasteiger partial charge is 0.243 e. The van der Waals surface area contributed by atoms with Crippen molar-refractivity contribution in [3.8, 4) is 0 Å². The van der Waals surface area contributed by atoms with E-state index in [1.54, 1.807) is 54.6 Å². The van der Waals surface area contributed by atoms with Gasteiger partial charge >= 0.3 is 0 Å². The molecule has 5 nitrogen and oxygen atoms in total. The third-order valence-corrected chi connectivity index (χ3v) is 6.69. The van der Waals surface area contributed by atoms with E-state index in [4.69, 9.17) is 11.6 Å². The van der Waals surface area contributed by atoms with Crippen molar-refractivity contribution in [2.45, 2.75) is 36.6 Å². The summed E-state index contributed by atoms with van der Waals surface area (Å²) in [5.41, 5.74) is 0.646. The predicted octanol–water partition coefficient (Wildman–Crippen LogP) is 3.91. The molecule has 0 saturated carbocycles. The van der Waals surface area contributed by atoms with Crippen LogP contribution in [0.5, 0.6) is 0 Å². The summed E-state index contributed by atoms with van der Waals surface area (Å²) in [7, 11) is -3.60. The molecule has 0 aliphatic carbocycles. The van der Waals surface area contributed by atoms with Gasteiger partial charge in [-0.05, 0) is 49.2 Å². The van der Waals surface area contributed by atoms with E-state index >= 15 is 0 Å². The average molecular weight is 393 g/mol. The number of rotatable bonds is 5. The first-order chi connectivity index (χ1) is 12.5. The van der Waals surface area contributed by atoms with Crippen molar-refractivity contribution < 1.29 is 13.2 Å². The number of carbonyl (C=O) groups excluding carboxylic acids is 1. The number of sulfonamides is 1. The molecule has 1 saturated heterocycles. The van der Waals surface area contributed by atoms with Crippen LogP contribution in [0.15, 0.2) is 59.5 Å². The highest BCUT2D eigenvalue weighted by Crippen LogP contribution is 2.27. The van der Waals surface area contributed by atoms with Gasteiger partial charge in [0.1, 0.15) is 0 Å². The lowest BCUT2D eigenvalue weighted by Crippen LogP contribution is -2.45. The van der Waals surface area contributed by atoms with Crippen molar-refractivity contribution in [1.82, 2.24) is 4.31 Å². The maximum Gasteiger partial charge on any atom is 0.243 e. The molecule has 138 valence electrons. The number of hydrogen-bond donors (Lipinski definition) is 1. The van der Waals surface area contributed by atoms with Crippen LogP contribution in [0, 0.1) is 0 Å². The molecule has 1 aliphatic rings. The monoisotopic (exact) mass is 392 g/mol. The number of benzene rings is 2. The van der Waals surface area contributed by atoms with Gasteiger partial charge in [0.2, 0.25) is 15.9 Å². The average Bonchev–Trinajstić information content (AvgIpc) is 2.64. The first kappa shape index (κ1) is 18.9. The summed E-state index contributed by atoms with van der Waals surface area (Å²) < 4.78 is 27.4. The van der Waals surface area contributed by atoms with Crippen LogP contribution in [0.1, 0.15) is 25.7 Å². The Kier molecular flexibility index (Phi) is 5.96. The van der Waals surface area contributed by atoms with Gasteiger partial charge in [-0.1, -0.05) is 36.2 Å². The number of anilines is 1.